The minimum Gasteiger partial charge on any atom is -0.394 e. The molecule has 0 saturated carbocycles. The smallest absolute Gasteiger partial charge is 0.105 e. The van der Waals surface area contributed by atoms with E-state index in [2.05, 4.69) is 5.32 Å². The zero-order chi connectivity index (χ0) is 9.61. The molecule has 0 aliphatic rings. The summed E-state index contributed by atoms with van der Waals surface area (Å²) in [5, 5.41) is 29.8. The molecule has 4 N–H and O–H groups in total. The second kappa shape index (κ2) is 5.48. The first kappa shape index (κ1) is 11.8. The molecule has 0 aromatic carbocycles. The maximum absolute atomic E-state index is 9.31. The molecule has 0 rings (SSSR count). The lowest BCUT2D eigenvalue weighted by atomic mass is 10.1. The SMILES string of the molecule is CCCC(O)NC(C)(CO)CO. The number of rotatable bonds is 6. The third-order valence-corrected chi connectivity index (χ3v) is 1.78. The maximum atomic E-state index is 9.31. The third kappa shape index (κ3) is 4.01. The van der Waals surface area contributed by atoms with Gasteiger partial charge in [-0.05, 0) is 13.3 Å². The van der Waals surface area contributed by atoms with Crippen molar-refractivity contribution in [2.45, 2.75) is 38.5 Å². The molecule has 0 amide bonds. The molecular weight excluding hydrogens is 158 g/mol. The second-order valence-electron chi connectivity index (χ2n) is 3.33. The summed E-state index contributed by atoms with van der Waals surface area (Å²) in [5.74, 6) is 0. The molecule has 0 bridgehead atoms. The van der Waals surface area contributed by atoms with Crippen LogP contribution >= 0.6 is 0 Å². The monoisotopic (exact) mass is 177 g/mol. The van der Waals surface area contributed by atoms with Crippen LogP contribution in [-0.2, 0) is 0 Å². The van der Waals surface area contributed by atoms with Gasteiger partial charge >= 0.3 is 0 Å². The Labute approximate surface area is 73.2 Å². The van der Waals surface area contributed by atoms with Gasteiger partial charge in [-0.3, -0.25) is 5.32 Å². The number of aliphatic hydroxyl groups is 3. The van der Waals surface area contributed by atoms with Crippen molar-refractivity contribution in [2.24, 2.45) is 0 Å². The minimum atomic E-state index is -0.783. The summed E-state index contributed by atoms with van der Waals surface area (Å²) in [4.78, 5) is 0. The molecule has 4 heteroatoms. The summed E-state index contributed by atoms with van der Waals surface area (Å²) in [6, 6.07) is 0. The van der Waals surface area contributed by atoms with Crippen LogP contribution in [0.25, 0.3) is 0 Å². The van der Waals surface area contributed by atoms with Crippen LogP contribution in [0.1, 0.15) is 26.7 Å². The van der Waals surface area contributed by atoms with Crippen molar-refractivity contribution in [1.29, 1.82) is 0 Å². The number of aliphatic hydroxyl groups excluding tert-OH is 3. The van der Waals surface area contributed by atoms with Crippen LogP contribution in [0.15, 0.2) is 0 Å². The van der Waals surface area contributed by atoms with E-state index in [1.807, 2.05) is 6.92 Å². The topological polar surface area (TPSA) is 72.7 Å². The van der Waals surface area contributed by atoms with E-state index < -0.39 is 11.8 Å². The Bertz CT molecular complexity index is 115. The van der Waals surface area contributed by atoms with Crippen LogP contribution in [-0.4, -0.2) is 40.3 Å². The highest BCUT2D eigenvalue weighted by atomic mass is 16.3. The van der Waals surface area contributed by atoms with E-state index in [1.165, 1.54) is 0 Å². The van der Waals surface area contributed by atoms with Crippen molar-refractivity contribution in [2.75, 3.05) is 13.2 Å². The fourth-order valence-electron chi connectivity index (χ4n) is 0.889. The first-order chi connectivity index (χ1) is 5.58. The van der Waals surface area contributed by atoms with Crippen LogP contribution in [0, 0.1) is 0 Å². The molecule has 0 aromatic rings. The number of hydrogen-bond donors (Lipinski definition) is 4. The molecule has 0 aliphatic heterocycles. The molecule has 12 heavy (non-hydrogen) atoms. The van der Waals surface area contributed by atoms with Crippen LogP contribution in [0.5, 0.6) is 0 Å². The van der Waals surface area contributed by atoms with Crippen LogP contribution < -0.4 is 5.32 Å². The predicted octanol–water partition coefficient (Wildman–Crippen LogP) is -0.562. The van der Waals surface area contributed by atoms with Crippen LogP contribution in [0.2, 0.25) is 0 Å². The van der Waals surface area contributed by atoms with Crippen molar-refractivity contribution in [3.63, 3.8) is 0 Å². The van der Waals surface area contributed by atoms with Gasteiger partial charge in [-0.1, -0.05) is 13.3 Å². The fourth-order valence-corrected chi connectivity index (χ4v) is 0.889. The average Bonchev–Trinajstić information content (AvgIpc) is 2.05. The molecule has 0 spiro atoms. The van der Waals surface area contributed by atoms with Crippen molar-refractivity contribution in [3.8, 4) is 0 Å². The Balaban J connectivity index is 3.84. The van der Waals surface area contributed by atoms with Gasteiger partial charge in [0.2, 0.25) is 0 Å². The minimum absolute atomic E-state index is 0.190. The van der Waals surface area contributed by atoms with Gasteiger partial charge in [0.05, 0.1) is 18.8 Å². The highest BCUT2D eigenvalue weighted by molar-refractivity contribution is 4.82. The summed E-state index contributed by atoms with van der Waals surface area (Å²) < 4.78 is 0. The molecule has 0 saturated heterocycles. The Hall–Kier alpha value is -0.160. The lowest BCUT2D eigenvalue weighted by molar-refractivity contribution is 0.0311. The quantitative estimate of drug-likeness (QED) is 0.410. The maximum Gasteiger partial charge on any atom is 0.105 e. The molecule has 0 radical (unpaired) electrons. The van der Waals surface area contributed by atoms with E-state index in [1.54, 1.807) is 6.92 Å². The first-order valence-corrected chi connectivity index (χ1v) is 4.25. The average molecular weight is 177 g/mol. The second-order valence-corrected chi connectivity index (χ2v) is 3.33. The van der Waals surface area contributed by atoms with Gasteiger partial charge in [0, 0.05) is 0 Å². The lowest BCUT2D eigenvalue weighted by Gasteiger charge is -2.29. The summed E-state index contributed by atoms with van der Waals surface area (Å²) in [7, 11) is 0. The van der Waals surface area contributed by atoms with Crippen molar-refractivity contribution >= 4 is 0 Å². The highest BCUT2D eigenvalue weighted by Gasteiger charge is 2.24. The van der Waals surface area contributed by atoms with E-state index in [-0.39, 0.29) is 13.2 Å². The van der Waals surface area contributed by atoms with Gasteiger partial charge in [0.25, 0.3) is 0 Å². The Kier molecular flexibility index (Phi) is 5.41. The Morgan fingerprint density at radius 2 is 1.83 bits per heavy atom. The number of hydrogen-bond acceptors (Lipinski definition) is 4. The summed E-state index contributed by atoms with van der Waals surface area (Å²) in [6.45, 7) is 3.24. The third-order valence-electron chi connectivity index (χ3n) is 1.78. The fraction of sp³-hybridized carbons (Fsp3) is 1.00. The van der Waals surface area contributed by atoms with E-state index in [0.717, 1.165) is 6.42 Å². The van der Waals surface area contributed by atoms with Crippen LogP contribution in [0.3, 0.4) is 0 Å². The molecule has 4 nitrogen and oxygen atoms in total. The molecule has 0 aliphatic carbocycles. The molecule has 1 atom stereocenters. The van der Waals surface area contributed by atoms with E-state index >= 15 is 0 Å². The zero-order valence-corrected chi connectivity index (χ0v) is 7.75. The normalized spacial score (nSPS) is 14.8. The van der Waals surface area contributed by atoms with Crippen molar-refractivity contribution in [1.82, 2.24) is 5.32 Å². The van der Waals surface area contributed by atoms with Gasteiger partial charge in [-0.2, -0.15) is 0 Å². The largest absolute Gasteiger partial charge is 0.394 e. The van der Waals surface area contributed by atoms with Crippen LogP contribution in [0.4, 0.5) is 0 Å². The molecule has 74 valence electrons. The van der Waals surface area contributed by atoms with Crippen molar-refractivity contribution < 1.29 is 15.3 Å². The van der Waals surface area contributed by atoms with Gasteiger partial charge in [-0.25, -0.2) is 0 Å². The predicted molar refractivity (Wildman–Crippen MR) is 46.6 cm³/mol. The van der Waals surface area contributed by atoms with E-state index in [9.17, 15) is 5.11 Å². The lowest BCUT2D eigenvalue weighted by Crippen LogP contribution is -2.53. The van der Waals surface area contributed by atoms with Gasteiger partial charge in [0.15, 0.2) is 0 Å². The van der Waals surface area contributed by atoms with Gasteiger partial charge in [-0.15, -0.1) is 0 Å². The molecule has 1 unspecified atom stereocenters. The standard InChI is InChI=1S/C8H19NO3/c1-3-4-7(12)9-8(2,5-10)6-11/h7,9-12H,3-6H2,1-2H3. The van der Waals surface area contributed by atoms with Gasteiger partial charge < -0.3 is 15.3 Å². The summed E-state index contributed by atoms with van der Waals surface area (Å²) in [6.07, 6.45) is 0.829. The summed E-state index contributed by atoms with van der Waals surface area (Å²) in [5.41, 5.74) is -0.783. The van der Waals surface area contributed by atoms with E-state index in [0.29, 0.717) is 6.42 Å². The first-order valence-electron chi connectivity index (χ1n) is 4.25. The molecular formula is C8H19NO3. The molecule has 0 fully saturated rings. The van der Waals surface area contributed by atoms with Gasteiger partial charge in [0.1, 0.15) is 6.23 Å². The van der Waals surface area contributed by atoms with E-state index in [4.69, 9.17) is 10.2 Å². The molecule has 0 heterocycles. The molecule has 0 aromatic heterocycles. The highest BCUT2D eigenvalue weighted by Crippen LogP contribution is 2.04. The summed E-state index contributed by atoms with van der Waals surface area (Å²) >= 11 is 0. The Morgan fingerprint density at radius 3 is 2.17 bits per heavy atom. The zero-order valence-electron chi connectivity index (χ0n) is 7.75. The van der Waals surface area contributed by atoms with Crippen molar-refractivity contribution in [3.05, 3.63) is 0 Å². The Morgan fingerprint density at radius 1 is 1.33 bits per heavy atom. The number of nitrogens with one attached hydrogen (secondary N) is 1.